The summed E-state index contributed by atoms with van der Waals surface area (Å²) in [6.07, 6.45) is 19.7. The van der Waals surface area contributed by atoms with Crippen LogP contribution in [-0.4, -0.2) is 98.7 Å². The van der Waals surface area contributed by atoms with Gasteiger partial charge in [0.05, 0.1) is 52.0 Å². The van der Waals surface area contributed by atoms with Gasteiger partial charge in [-0.1, -0.05) is 264 Å². The van der Waals surface area contributed by atoms with Crippen LogP contribution in [0.2, 0.25) is 0 Å². The Bertz CT molecular complexity index is 6710. The zero-order valence-corrected chi connectivity index (χ0v) is 69.3. The number of nitrogens with zero attached hydrogens (tertiary/aromatic N) is 8. The van der Waals surface area contributed by atoms with Gasteiger partial charge in [-0.25, -0.2) is 44.3 Å². The SMILES string of the molecule is C.C.C(=C/c1cccc(-c2ncn[nH]2)c1)/c1ccc(/C=C/c2ccc3ccccc3n2)cc1.C(=C\c1cccc(-c2ncn[nH]2)c1)/c1ccc(/C=C/c2ccc3ccccc3n2)cc1.COC(=O)c1ccc(COc2ccc(OCc3ccc4ccccc4n3)cc2)cc1OCC(=O)O.O=C(O)COc1ccccc1OCc1cccc(OCc2ccc3ccccc3n2)c1. The molecule has 6 aromatic heterocycles. The summed E-state index contributed by atoms with van der Waals surface area (Å²) in [4.78, 5) is 60.5. The molecule has 18 rings (SSSR count). The summed E-state index contributed by atoms with van der Waals surface area (Å²) in [5.41, 5.74) is 18.0. The molecule has 130 heavy (non-hydrogen) atoms. The third-order valence-corrected chi connectivity index (χ3v) is 19.7. The molecule has 6 heterocycles. The largest absolute Gasteiger partial charge is 0.489 e. The normalized spacial score (nSPS) is 10.9. The quantitative estimate of drug-likeness (QED) is 0.0250. The molecule has 0 aliphatic carbocycles. The monoisotopic (exact) mass is 1720 g/mol. The number of H-pyrrole nitrogens is 2. The van der Waals surface area contributed by atoms with Crippen LogP contribution >= 0.6 is 0 Å². The van der Waals surface area contributed by atoms with Crippen molar-refractivity contribution in [1.29, 1.82) is 0 Å². The smallest absolute Gasteiger partial charge is 0.341 e. The highest BCUT2D eigenvalue weighted by molar-refractivity contribution is 5.93. The minimum atomic E-state index is -1.15. The summed E-state index contributed by atoms with van der Waals surface area (Å²) in [6, 6.07) is 108. The maximum atomic E-state index is 11.9. The lowest BCUT2D eigenvalue weighted by molar-refractivity contribution is -0.140. The van der Waals surface area contributed by atoms with Gasteiger partial charge in [0.2, 0.25) is 0 Å². The number of hydrogen-bond acceptors (Lipinski definition) is 18. The molecule has 646 valence electrons. The van der Waals surface area contributed by atoms with E-state index in [0.29, 0.717) is 54.1 Å². The van der Waals surface area contributed by atoms with Gasteiger partial charge in [0.1, 0.15) is 67.6 Å². The third kappa shape index (κ3) is 26.4. The second-order valence-electron chi connectivity index (χ2n) is 28.8. The molecule has 22 heteroatoms. The van der Waals surface area contributed by atoms with Crippen molar-refractivity contribution in [3.8, 4) is 57.3 Å². The summed E-state index contributed by atoms with van der Waals surface area (Å²) in [7, 11) is 1.24. The maximum Gasteiger partial charge on any atom is 0.341 e. The van der Waals surface area contributed by atoms with Gasteiger partial charge in [0.25, 0.3) is 0 Å². The standard InChI is InChI=1S/2C27H20N4.C27H23NO7.C25H21NO5.2CH4/c2*1-2-7-26-23(5-1)15-17-25(30-26)16-14-21-10-8-20(9-11-21)12-13-22-4-3-6-24(18-22)27-28-19-29-31-27;1-32-27(31)23-13-6-18(14-25(23)35-17-26(29)30)15-33-21-9-11-22(12-10-21)34-16-20-8-7-19-4-2-3-5-24(19)28-20;27-25(28)17-31-24-11-4-3-10-23(24)30-15-18-6-5-8-21(14-18)29-16-20-13-12-19-7-1-2-9-22(19)26-20;;/h2*1-19H,(H,28,29,31);2-14H,15-17H2,1H3,(H,29,30);1-14H,15-17H2,(H,27,28);2*1H4/b13-12+,16-14+;13-12-,16-14+;;;;. The van der Waals surface area contributed by atoms with E-state index in [1.807, 2.05) is 182 Å². The van der Waals surface area contributed by atoms with Crippen molar-refractivity contribution in [2.75, 3.05) is 20.3 Å². The molecule has 0 spiro atoms. The fourth-order valence-corrected chi connectivity index (χ4v) is 13.2. The maximum absolute atomic E-state index is 11.9. The molecule has 0 bridgehead atoms. The van der Waals surface area contributed by atoms with E-state index in [2.05, 4.69) is 184 Å². The molecule has 0 saturated heterocycles. The molecule has 12 aromatic carbocycles. The topological polar surface area (TPSA) is 291 Å². The van der Waals surface area contributed by atoms with E-state index in [-0.39, 0.29) is 32.8 Å². The molecule has 18 aromatic rings. The number of pyridine rings is 4. The molecule has 0 atom stereocenters. The number of carboxylic acid groups (broad SMARTS) is 2. The first-order chi connectivity index (χ1) is 62.8. The fraction of sp³-hybridized carbons (Fsp3) is 0.0833. The number of aliphatic carboxylic acids is 2. The van der Waals surface area contributed by atoms with Crippen molar-refractivity contribution in [2.24, 2.45) is 0 Å². The van der Waals surface area contributed by atoms with E-state index in [4.69, 9.17) is 43.4 Å². The molecule has 0 fully saturated rings. The number of esters is 1. The second-order valence-corrected chi connectivity index (χ2v) is 28.8. The Balaban J connectivity index is 0.000000147. The van der Waals surface area contributed by atoms with Crippen LogP contribution in [0.3, 0.4) is 0 Å². The minimum Gasteiger partial charge on any atom is -0.489 e. The van der Waals surface area contributed by atoms with Gasteiger partial charge in [-0.3, -0.25) is 10.2 Å². The minimum absolute atomic E-state index is 0. The first-order valence-electron chi connectivity index (χ1n) is 40.8. The van der Waals surface area contributed by atoms with Gasteiger partial charge in [-0.05, 0) is 178 Å². The van der Waals surface area contributed by atoms with Gasteiger partial charge < -0.3 is 43.4 Å². The average Bonchev–Trinajstić information content (AvgIpc) is 0.987. The van der Waals surface area contributed by atoms with Gasteiger partial charge >= 0.3 is 17.9 Å². The van der Waals surface area contributed by atoms with Crippen LogP contribution in [0, 0.1) is 0 Å². The lowest BCUT2D eigenvalue weighted by atomic mass is 10.1. The van der Waals surface area contributed by atoms with Gasteiger partial charge in [0.15, 0.2) is 36.4 Å². The first-order valence-corrected chi connectivity index (χ1v) is 40.8. The lowest BCUT2D eigenvalue weighted by Crippen LogP contribution is -2.13. The van der Waals surface area contributed by atoms with Crippen LogP contribution < -0.4 is 28.4 Å². The second kappa shape index (κ2) is 45.9. The number of aromatic nitrogens is 10. The number of fused-ring (bicyclic) bond motifs is 4. The molecule has 0 aliphatic heterocycles. The molecular formula is C108H92N10O12. The number of ether oxygens (including phenoxy) is 7. The van der Waals surface area contributed by atoms with E-state index in [1.165, 1.54) is 25.8 Å². The van der Waals surface area contributed by atoms with Crippen molar-refractivity contribution >= 4 is 110 Å². The lowest BCUT2D eigenvalue weighted by Gasteiger charge is -2.12. The van der Waals surface area contributed by atoms with Crippen LogP contribution in [-0.2, 0) is 40.8 Å². The Kier molecular flexibility index (Phi) is 31.9. The summed E-state index contributed by atoms with van der Waals surface area (Å²) in [6.45, 7) is 0.180. The number of methoxy groups -OCH3 is 1. The number of hydrogen-bond donors (Lipinski definition) is 4. The Morgan fingerprint density at radius 1 is 0.315 bits per heavy atom. The highest BCUT2D eigenvalue weighted by Crippen LogP contribution is 2.31. The van der Waals surface area contributed by atoms with E-state index < -0.39 is 31.1 Å². The zero-order chi connectivity index (χ0) is 87.9. The molecule has 4 N–H and O–H groups in total. The van der Waals surface area contributed by atoms with E-state index in [0.717, 1.165) is 128 Å². The zero-order valence-electron chi connectivity index (χ0n) is 69.3. The van der Waals surface area contributed by atoms with Crippen LogP contribution in [0.1, 0.15) is 92.5 Å². The predicted molar refractivity (Wildman–Crippen MR) is 513 cm³/mol. The molecule has 22 nitrogen and oxygen atoms in total. The molecule has 0 unspecified atom stereocenters. The number of aromatic amines is 2. The molecule has 0 aliphatic rings. The van der Waals surface area contributed by atoms with Crippen molar-refractivity contribution < 1.29 is 57.8 Å². The summed E-state index contributed by atoms with van der Waals surface area (Å²) >= 11 is 0. The van der Waals surface area contributed by atoms with Crippen LogP contribution in [0.4, 0.5) is 0 Å². The van der Waals surface area contributed by atoms with Crippen LogP contribution in [0.15, 0.2) is 346 Å². The predicted octanol–water partition coefficient (Wildman–Crippen LogP) is 23.5. The highest BCUT2D eigenvalue weighted by atomic mass is 16.5. The summed E-state index contributed by atoms with van der Waals surface area (Å²) in [5, 5.41) is 35.8. The number of para-hydroxylation sites is 6. The van der Waals surface area contributed by atoms with E-state index >= 15 is 0 Å². The summed E-state index contributed by atoms with van der Waals surface area (Å²) in [5.74, 6) is 1.73. The molecule has 0 radical (unpaired) electrons. The highest BCUT2D eigenvalue weighted by Gasteiger charge is 2.17. The van der Waals surface area contributed by atoms with Crippen molar-refractivity contribution in [3.63, 3.8) is 0 Å². The van der Waals surface area contributed by atoms with Gasteiger partial charge in [-0.15, -0.1) is 0 Å². The number of benzene rings is 12. The fourth-order valence-electron chi connectivity index (χ4n) is 13.2. The van der Waals surface area contributed by atoms with Crippen molar-refractivity contribution in [2.45, 2.75) is 41.3 Å². The Morgan fingerprint density at radius 2 is 0.700 bits per heavy atom. The average molecular weight is 1720 g/mol. The molecule has 0 amide bonds. The number of carboxylic acids is 2. The van der Waals surface area contributed by atoms with E-state index in [9.17, 15) is 14.4 Å². The van der Waals surface area contributed by atoms with E-state index in [1.54, 1.807) is 60.7 Å². The van der Waals surface area contributed by atoms with Crippen LogP contribution in [0.25, 0.3) is 115 Å². The number of rotatable bonds is 29. The van der Waals surface area contributed by atoms with Gasteiger partial charge in [-0.2, -0.15) is 10.2 Å². The van der Waals surface area contributed by atoms with Gasteiger partial charge in [0, 0.05) is 32.7 Å². The Labute approximate surface area is 751 Å². The van der Waals surface area contributed by atoms with Crippen molar-refractivity contribution in [1.82, 2.24) is 50.3 Å². The molecular weight excluding hydrogens is 1630 g/mol. The van der Waals surface area contributed by atoms with Crippen LogP contribution in [0.5, 0.6) is 34.5 Å². The molecule has 0 saturated carbocycles. The Hall–Kier alpha value is -17.3. The Morgan fingerprint density at radius 3 is 1.15 bits per heavy atom. The first kappa shape index (κ1) is 90.5. The number of nitrogens with one attached hydrogen (secondary N) is 2. The number of carbonyl (C=O) groups excluding carboxylic acids is 1. The third-order valence-electron chi connectivity index (χ3n) is 19.7. The number of carbonyl (C=O) groups is 3. The summed E-state index contributed by atoms with van der Waals surface area (Å²) < 4.78 is 38.6. The van der Waals surface area contributed by atoms with Crippen molar-refractivity contribution in [3.05, 3.63) is 419 Å².